The van der Waals surface area contributed by atoms with Crippen molar-refractivity contribution < 1.29 is 24.2 Å². The van der Waals surface area contributed by atoms with Crippen LogP contribution >= 0.6 is 0 Å². The third-order valence-electron chi connectivity index (χ3n) is 5.58. The molecule has 5 nitrogen and oxygen atoms in total. The summed E-state index contributed by atoms with van der Waals surface area (Å²) in [5.74, 6) is -0.967. The van der Waals surface area contributed by atoms with Gasteiger partial charge in [-0.3, -0.25) is 14.4 Å². The molecule has 0 saturated carbocycles. The molecule has 1 rings (SSSR count). The molecule has 0 radical (unpaired) electrons. The van der Waals surface area contributed by atoms with Crippen LogP contribution in [0.15, 0.2) is 24.3 Å². The monoisotopic (exact) mass is 374 g/mol. The van der Waals surface area contributed by atoms with Crippen LogP contribution in [0.4, 0.5) is 0 Å². The predicted octanol–water partition coefficient (Wildman–Crippen LogP) is 4.64. The highest BCUT2D eigenvalue weighted by atomic mass is 16.5. The summed E-state index contributed by atoms with van der Waals surface area (Å²) in [7, 11) is 0. The maximum absolute atomic E-state index is 13.2. The summed E-state index contributed by atoms with van der Waals surface area (Å²) in [4.78, 5) is 35.9. The van der Waals surface area contributed by atoms with Crippen molar-refractivity contribution in [1.29, 1.82) is 0 Å². The van der Waals surface area contributed by atoms with E-state index in [4.69, 9.17) is 4.74 Å². The lowest BCUT2D eigenvalue weighted by Gasteiger charge is -2.48. The van der Waals surface area contributed by atoms with Crippen LogP contribution in [0, 0.1) is 23.2 Å². The van der Waals surface area contributed by atoms with Crippen LogP contribution in [0.25, 0.3) is 0 Å². The minimum Gasteiger partial charge on any atom is -0.507 e. The van der Waals surface area contributed by atoms with Gasteiger partial charge in [-0.05, 0) is 49.0 Å². The van der Waals surface area contributed by atoms with Crippen molar-refractivity contribution in [3.8, 4) is 11.5 Å². The molecule has 0 aromatic heterocycles. The molecule has 0 unspecified atom stereocenters. The largest absolute Gasteiger partial charge is 0.507 e. The third kappa shape index (κ3) is 4.29. The summed E-state index contributed by atoms with van der Waals surface area (Å²) in [5, 5.41) is 10.1. The number of ether oxygens (including phenoxy) is 1. The summed E-state index contributed by atoms with van der Waals surface area (Å²) in [6.07, 6.45) is 2.59. The Labute approximate surface area is 161 Å². The average Bonchev–Trinajstić information content (AvgIpc) is 2.52. The van der Waals surface area contributed by atoms with E-state index < -0.39 is 17.2 Å². The van der Waals surface area contributed by atoms with Crippen molar-refractivity contribution in [2.75, 3.05) is 0 Å². The molecule has 0 atom stereocenters. The zero-order chi connectivity index (χ0) is 21.2. The van der Waals surface area contributed by atoms with Crippen molar-refractivity contribution >= 4 is 18.0 Å². The number of hydrogen-bond acceptors (Lipinski definition) is 5. The van der Waals surface area contributed by atoms with Gasteiger partial charge in [-0.15, -0.1) is 0 Å². The Morgan fingerprint density at radius 3 is 1.96 bits per heavy atom. The average molecular weight is 374 g/mol. The second-order valence-corrected chi connectivity index (χ2v) is 8.96. The lowest BCUT2D eigenvalue weighted by molar-refractivity contribution is -0.162. The molecule has 0 heterocycles. The van der Waals surface area contributed by atoms with Crippen LogP contribution in [0.2, 0.25) is 0 Å². The molecule has 0 aliphatic heterocycles. The van der Waals surface area contributed by atoms with Crippen molar-refractivity contribution in [3.63, 3.8) is 0 Å². The summed E-state index contributed by atoms with van der Waals surface area (Å²) in [6.45, 7) is 15.4. The number of esters is 1. The minimum atomic E-state index is -0.814. The minimum absolute atomic E-state index is 0.00613. The molecule has 0 fully saturated rings. The first kappa shape index (κ1) is 22.6. The van der Waals surface area contributed by atoms with Gasteiger partial charge in [-0.25, -0.2) is 0 Å². The fourth-order valence-electron chi connectivity index (χ4n) is 3.25. The summed E-state index contributed by atoms with van der Waals surface area (Å²) in [5.41, 5.74) is -1.22. The number of phenolic OH excluding ortho intramolecular Hbond substituents is 1. The Morgan fingerprint density at radius 2 is 1.52 bits per heavy atom. The second-order valence-electron chi connectivity index (χ2n) is 8.96. The van der Waals surface area contributed by atoms with Gasteiger partial charge < -0.3 is 9.84 Å². The van der Waals surface area contributed by atoms with Gasteiger partial charge >= 0.3 is 5.97 Å². The number of ketones is 1. The molecular weight excluding hydrogens is 344 g/mol. The van der Waals surface area contributed by atoms with E-state index >= 15 is 0 Å². The molecule has 0 amide bonds. The summed E-state index contributed by atoms with van der Waals surface area (Å²) in [6, 6.07) is 2.78. The number of rotatable bonds is 5. The van der Waals surface area contributed by atoms with E-state index in [0.717, 1.165) is 12.2 Å². The Hall–Kier alpha value is -2.43. The van der Waals surface area contributed by atoms with E-state index in [-0.39, 0.29) is 27.9 Å². The van der Waals surface area contributed by atoms with Gasteiger partial charge in [-0.2, -0.15) is 0 Å². The molecule has 0 aliphatic rings. The fourth-order valence-corrected chi connectivity index (χ4v) is 3.25. The van der Waals surface area contributed by atoms with Crippen LogP contribution in [0.5, 0.6) is 11.5 Å². The van der Waals surface area contributed by atoms with E-state index in [0.29, 0.717) is 11.8 Å². The van der Waals surface area contributed by atoms with E-state index in [1.54, 1.807) is 6.92 Å². The van der Waals surface area contributed by atoms with Gasteiger partial charge in [0.25, 0.3) is 0 Å². The van der Waals surface area contributed by atoms with Gasteiger partial charge in [0, 0.05) is 5.56 Å². The standard InChI is InChI=1S/C22H30O5/c1-14-17(12-11-16(25)18(14)15(24)10-9-13-23)27-19(26)22(8,20(2,3)4)21(5,6)7/h9-13,25H,1-8H3/b10-9-. The molecule has 1 aromatic carbocycles. The number of carbonyl (C=O) groups excluding carboxylic acids is 3. The highest BCUT2D eigenvalue weighted by Gasteiger charge is 2.54. The zero-order valence-electron chi connectivity index (χ0n) is 17.5. The molecule has 27 heavy (non-hydrogen) atoms. The molecule has 0 saturated heterocycles. The SMILES string of the molecule is Cc1c(OC(=O)C(C)(C(C)(C)C)C(C)(C)C)ccc(O)c1C(=O)/C=C\C=O. The smallest absolute Gasteiger partial charge is 0.318 e. The van der Waals surface area contributed by atoms with Crippen LogP contribution in [0.3, 0.4) is 0 Å². The van der Waals surface area contributed by atoms with Gasteiger partial charge in [0.1, 0.15) is 17.8 Å². The molecule has 0 bridgehead atoms. The number of carbonyl (C=O) groups is 3. The van der Waals surface area contributed by atoms with E-state index in [1.165, 1.54) is 12.1 Å². The quantitative estimate of drug-likeness (QED) is 0.267. The highest BCUT2D eigenvalue weighted by Crippen LogP contribution is 2.52. The second kappa shape index (κ2) is 7.67. The number of phenols is 1. The van der Waals surface area contributed by atoms with Gasteiger partial charge in [0.15, 0.2) is 5.78 Å². The highest BCUT2D eigenvalue weighted by molar-refractivity contribution is 6.09. The number of benzene rings is 1. The number of allylic oxidation sites excluding steroid dienone is 2. The van der Waals surface area contributed by atoms with Crippen LogP contribution in [-0.2, 0) is 9.59 Å². The summed E-state index contributed by atoms with van der Waals surface area (Å²) >= 11 is 0. The topological polar surface area (TPSA) is 80.7 Å². The molecule has 148 valence electrons. The first-order valence-electron chi connectivity index (χ1n) is 8.89. The number of aromatic hydroxyl groups is 1. The van der Waals surface area contributed by atoms with Crippen molar-refractivity contribution in [1.82, 2.24) is 0 Å². The van der Waals surface area contributed by atoms with E-state index in [2.05, 4.69) is 0 Å². The number of hydrogen-bond donors (Lipinski definition) is 1. The molecule has 1 N–H and O–H groups in total. The Bertz CT molecular complexity index is 759. The van der Waals surface area contributed by atoms with Gasteiger partial charge in [0.05, 0.1) is 11.0 Å². The lowest BCUT2D eigenvalue weighted by Crippen LogP contribution is -2.51. The van der Waals surface area contributed by atoms with E-state index in [1.807, 2.05) is 48.5 Å². The first-order valence-corrected chi connectivity index (χ1v) is 8.89. The Morgan fingerprint density at radius 1 is 1.00 bits per heavy atom. The van der Waals surface area contributed by atoms with Crippen LogP contribution in [0.1, 0.15) is 64.4 Å². The molecule has 0 spiro atoms. The van der Waals surface area contributed by atoms with Crippen LogP contribution in [-0.4, -0.2) is 23.1 Å². The lowest BCUT2D eigenvalue weighted by atomic mass is 9.55. The van der Waals surface area contributed by atoms with Crippen molar-refractivity contribution in [3.05, 3.63) is 35.4 Å². The van der Waals surface area contributed by atoms with E-state index in [9.17, 15) is 19.5 Å². The maximum atomic E-state index is 13.2. The Balaban J connectivity index is 3.41. The molecule has 0 aliphatic carbocycles. The third-order valence-corrected chi connectivity index (χ3v) is 5.58. The molecule has 1 aromatic rings. The number of aldehydes is 1. The normalized spacial score (nSPS) is 12.9. The zero-order valence-corrected chi connectivity index (χ0v) is 17.5. The first-order chi connectivity index (χ1) is 12.2. The van der Waals surface area contributed by atoms with Gasteiger partial charge in [0.2, 0.25) is 0 Å². The van der Waals surface area contributed by atoms with Crippen molar-refractivity contribution in [2.45, 2.75) is 55.4 Å². The molecular formula is C22H30O5. The molecule has 5 heteroatoms. The van der Waals surface area contributed by atoms with Crippen molar-refractivity contribution in [2.24, 2.45) is 16.2 Å². The Kier molecular flexibility index (Phi) is 6.42. The predicted molar refractivity (Wildman–Crippen MR) is 105 cm³/mol. The fraction of sp³-hybridized carbons (Fsp3) is 0.500. The van der Waals surface area contributed by atoms with Crippen LogP contribution < -0.4 is 4.74 Å². The van der Waals surface area contributed by atoms with Gasteiger partial charge in [-0.1, -0.05) is 41.5 Å². The summed E-state index contributed by atoms with van der Waals surface area (Å²) < 4.78 is 5.72. The maximum Gasteiger partial charge on any atom is 0.318 e.